The summed E-state index contributed by atoms with van der Waals surface area (Å²) in [7, 11) is 1.49. The Morgan fingerprint density at radius 3 is 2.27 bits per heavy atom. The number of nitrogens with zero attached hydrogens (tertiary/aromatic N) is 10. The van der Waals surface area contributed by atoms with Crippen LogP contribution in [0.3, 0.4) is 0 Å². The van der Waals surface area contributed by atoms with Crippen molar-refractivity contribution in [1.29, 1.82) is 0 Å². The number of carbonyl (C=O) groups is 3. The molecule has 6 N–H and O–H groups in total. The number of amides is 3. The highest BCUT2D eigenvalue weighted by atomic mass is 16.5. The zero-order valence-corrected chi connectivity index (χ0v) is 34.0. The van der Waals surface area contributed by atoms with Gasteiger partial charge in [-0.05, 0) is 83.5 Å². The van der Waals surface area contributed by atoms with E-state index in [9.17, 15) is 14.4 Å². The fourth-order valence-electron chi connectivity index (χ4n) is 7.53. The Balaban J connectivity index is 1.22. The van der Waals surface area contributed by atoms with Crippen molar-refractivity contribution in [3.05, 3.63) is 77.0 Å². The molecule has 0 spiro atoms. The maximum atomic E-state index is 13.7. The number of carbonyl (C=O) groups excluding carboxylic acids is 3. The first kappa shape index (κ1) is 39.7. The lowest BCUT2D eigenvalue weighted by atomic mass is 10.0. The predicted octanol–water partition coefficient (Wildman–Crippen LogP) is 3.75. The number of aryl methyl sites for hydroxylation is 4. The van der Waals surface area contributed by atoms with Crippen molar-refractivity contribution in [3.8, 4) is 23.1 Å². The number of nitrogens with one attached hydrogen (secondary N) is 2. The molecule has 0 bridgehead atoms. The van der Waals surface area contributed by atoms with Crippen LogP contribution < -0.4 is 31.6 Å². The van der Waals surface area contributed by atoms with Crippen LogP contribution in [0.25, 0.3) is 44.6 Å². The third kappa shape index (κ3) is 7.38. The van der Waals surface area contributed by atoms with Crippen LogP contribution in [0.5, 0.6) is 11.5 Å². The topological polar surface area (TPSA) is 243 Å². The fourth-order valence-corrected chi connectivity index (χ4v) is 7.53. The van der Waals surface area contributed by atoms with E-state index in [0.29, 0.717) is 106 Å². The summed E-state index contributed by atoms with van der Waals surface area (Å²) >= 11 is 0. The first-order valence-electron chi connectivity index (χ1n) is 19.7. The second-order valence-corrected chi connectivity index (χ2v) is 14.6. The molecular formula is C41H46N14O5. The Labute approximate surface area is 343 Å². The summed E-state index contributed by atoms with van der Waals surface area (Å²) < 4.78 is 19.4. The molecule has 0 saturated carbocycles. The van der Waals surface area contributed by atoms with Crippen molar-refractivity contribution >= 4 is 56.6 Å². The number of allylic oxidation sites excluding steroid dienone is 2. The Bertz CT molecular complexity index is 2840. The number of imidazole rings is 1. The molecule has 0 radical (unpaired) electrons. The van der Waals surface area contributed by atoms with Gasteiger partial charge in [-0.2, -0.15) is 10.2 Å². The van der Waals surface area contributed by atoms with Crippen molar-refractivity contribution in [1.82, 2.24) is 53.9 Å². The normalized spacial score (nSPS) is 13.2. The van der Waals surface area contributed by atoms with Crippen molar-refractivity contribution in [3.63, 3.8) is 0 Å². The number of hydrogen-bond acceptors (Lipinski definition) is 12. The molecule has 6 heterocycles. The summed E-state index contributed by atoms with van der Waals surface area (Å²) in [5.41, 5.74) is 15.3. The number of rotatable bonds is 16. The van der Waals surface area contributed by atoms with Crippen LogP contribution in [0.4, 0.5) is 5.95 Å². The lowest BCUT2D eigenvalue weighted by Gasteiger charge is -2.26. The molecule has 0 unspecified atom stereocenters. The lowest BCUT2D eigenvalue weighted by Crippen LogP contribution is -2.42. The Morgan fingerprint density at radius 1 is 0.867 bits per heavy atom. The Morgan fingerprint density at radius 2 is 1.58 bits per heavy atom. The third-order valence-corrected chi connectivity index (χ3v) is 10.6. The second kappa shape index (κ2) is 16.2. The third-order valence-electron chi connectivity index (χ3n) is 10.6. The number of anilines is 1. The maximum Gasteiger partial charge on any atom is 0.276 e. The summed E-state index contributed by atoms with van der Waals surface area (Å²) in [4.78, 5) is 57.7. The number of ether oxygens (including phenoxy) is 2. The van der Waals surface area contributed by atoms with Gasteiger partial charge in [0.2, 0.25) is 17.8 Å². The number of nitrogens with two attached hydrogens (primary N) is 2. The molecule has 2 aromatic carbocycles. The summed E-state index contributed by atoms with van der Waals surface area (Å²) in [5, 5.41) is 16.6. The molecule has 19 heteroatoms. The van der Waals surface area contributed by atoms with Gasteiger partial charge in [0.1, 0.15) is 34.2 Å². The molecule has 3 amide bonds. The highest BCUT2D eigenvalue weighted by Crippen LogP contribution is 2.37. The summed E-state index contributed by atoms with van der Waals surface area (Å²) in [6.07, 6.45) is 6.46. The maximum absolute atomic E-state index is 13.7. The zero-order chi connectivity index (χ0) is 42.2. The molecule has 1 saturated heterocycles. The largest absolute Gasteiger partial charge is 0.494 e. The van der Waals surface area contributed by atoms with E-state index in [4.69, 9.17) is 35.9 Å². The monoisotopic (exact) mass is 814 g/mol. The van der Waals surface area contributed by atoms with Gasteiger partial charge in [0.25, 0.3) is 5.91 Å². The molecule has 0 aliphatic carbocycles. The molecule has 310 valence electrons. The van der Waals surface area contributed by atoms with Gasteiger partial charge in [0.15, 0.2) is 11.6 Å². The molecule has 8 rings (SSSR count). The number of primary amides is 2. The van der Waals surface area contributed by atoms with Crippen LogP contribution in [0.1, 0.15) is 63.0 Å². The molecule has 1 fully saturated rings. The lowest BCUT2D eigenvalue weighted by molar-refractivity contribution is 0.0991. The quantitative estimate of drug-likeness (QED) is 0.102. The number of methoxy groups -OCH3 is 1. The van der Waals surface area contributed by atoms with E-state index in [1.54, 1.807) is 50.5 Å². The highest BCUT2D eigenvalue weighted by Gasteiger charge is 2.24. The van der Waals surface area contributed by atoms with Crippen LogP contribution in [-0.2, 0) is 26.2 Å². The fraction of sp³-hybridized carbons (Fsp3) is 0.341. The highest BCUT2D eigenvalue weighted by molar-refractivity contribution is 6.12. The minimum Gasteiger partial charge on any atom is -0.494 e. The zero-order valence-electron chi connectivity index (χ0n) is 34.0. The first-order chi connectivity index (χ1) is 29.0. The van der Waals surface area contributed by atoms with Crippen molar-refractivity contribution in [2.45, 2.75) is 60.3 Å². The number of benzene rings is 2. The van der Waals surface area contributed by atoms with Crippen LogP contribution >= 0.6 is 0 Å². The van der Waals surface area contributed by atoms with Gasteiger partial charge in [-0.15, -0.1) is 0 Å². The molecule has 19 nitrogen and oxygen atoms in total. The summed E-state index contributed by atoms with van der Waals surface area (Å²) in [6.45, 7) is 11.4. The average Bonchev–Trinajstić information content (AvgIpc) is 3.97. The first-order valence-corrected chi connectivity index (χ1v) is 19.7. The van der Waals surface area contributed by atoms with Gasteiger partial charge in [-0.25, -0.2) is 24.6 Å². The summed E-state index contributed by atoms with van der Waals surface area (Å²) in [5.74, 6) is 1.46. The van der Waals surface area contributed by atoms with Crippen LogP contribution in [0, 0.1) is 19.8 Å². The second-order valence-electron chi connectivity index (χ2n) is 14.6. The minimum absolute atomic E-state index is 0.207. The smallest absolute Gasteiger partial charge is 0.276 e. The van der Waals surface area contributed by atoms with Crippen molar-refractivity contribution in [2.75, 3.05) is 32.1 Å². The van der Waals surface area contributed by atoms with Crippen LogP contribution in [0.2, 0.25) is 0 Å². The van der Waals surface area contributed by atoms with E-state index < -0.39 is 17.7 Å². The van der Waals surface area contributed by atoms with E-state index in [0.717, 1.165) is 25.0 Å². The molecule has 0 atom stereocenters. The molecule has 7 aromatic rings. The standard InChI is InChI=1S/C41H46N14O5/c1-6-54-30(14-22(3)50-54)40(58)49-41-47-29-16-26(36(43)57)17-31(59-5)34(29)53(41)12-9-8-11-52-33-27(15-25(35(42)56)18-32(33)60-13-10-24-19-44-20-24)28-21-45-37(48-38(28)52)39-46-23(4)51-55(39)7-2/h8-9,14-18,21,24,44H,6-7,10-13,19-20H2,1-5H3,(H2,42,56)(H2,43,57)(H,47,49,58)/b9-8+. The SMILES string of the molecule is CCn1nc(C)cc1C(=O)Nc1nc2cc(C(N)=O)cc(OC)c2n1C/C=C/Cn1c2nc(-c3nc(C)nn3CC)ncc2c2cc(C(N)=O)cc(OCCC3CNC3)c21. The van der Waals surface area contributed by atoms with E-state index in [-0.39, 0.29) is 18.1 Å². The molecule has 1 aliphatic rings. The molecule has 1 aliphatic heterocycles. The van der Waals surface area contributed by atoms with Gasteiger partial charge in [-0.1, -0.05) is 12.2 Å². The van der Waals surface area contributed by atoms with Gasteiger partial charge in [0.05, 0.1) is 30.4 Å². The Kier molecular flexibility index (Phi) is 10.7. The van der Waals surface area contributed by atoms with Gasteiger partial charge >= 0.3 is 0 Å². The van der Waals surface area contributed by atoms with E-state index in [2.05, 4.69) is 25.8 Å². The average molecular weight is 815 g/mol. The van der Waals surface area contributed by atoms with Crippen LogP contribution in [-0.4, -0.2) is 93.2 Å². The van der Waals surface area contributed by atoms with E-state index >= 15 is 0 Å². The van der Waals surface area contributed by atoms with Crippen LogP contribution in [0.15, 0.2) is 48.7 Å². The number of aromatic nitrogens is 10. The molecule has 5 aromatic heterocycles. The van der Waals surface area contributed by atoms with E-state index in [1.165, 1.54) is 7.11 Å². The molecule has 60 heavy (non-hydrogen) atoms. The minimum atomic E-state index is -0.646. The van der Waals surface area contributed by atoms with Gasteiger partial charge < -0.3 is 35.4 Å². The van der Waals surface area contributed by atoms with Crippen molar-refractivity contribution < 1.29 is 23.9 Å². The number of fused-ring (bicyclic) bond motifs is 4. The Hall–Kier alpha value is -7.15. The molecular weight excluding hydrogens is 769 g/mol. The number of hydrogen-bond donors (Lipinski definition) is 4. The van der Waals surface area contributed by atoms with E-state index in [1.807, 2.05) is 44.4 Å². The van der Waals surface area contributed by atoms with Gasteiger partial charge in [-0.3, -0.25) is 24.4 Å². The van der Waals surface area contributed by atoms with Crippen molar-refractivity contribution in [2.24, 2.45) is 17.4 Å². The van der Waals surface area contributed by atoms with Gasteiger partial charge in [0, 0.05) is 54.3 Å². The predicted molar refractivity (Wildman–Crippen MR) is 224 cm³/mol. The summed E-state index contributed by atoms with van der Waals surface area (Å²) in [6, 6.07) is 8.25.